The maximum atomic E-state index is 14.3. The minimum absolute atomic E-state index is 0.198. The number of benzene rings is 1. The van der Waals surface area contributed by atoms with E-state index in [0.29, 0.717) is 21.9 Å². The van der Waals surface area contributed by atoms with E-state index in [2.05, 4.69) is 41.2 Å². The molecule has 0 radical (unpaired) electrons. The van der Waals surface area contributed by atoms with Gasteiger partial charge in [0.15, 0.2) is 11.5 Å². The first kappa shape index (κ1) is 16.8. The molecule has 0 saturated carbocycles. The highest BCUT2D eigenvalue weighted by molar-refractivity contribution is 9.10. The minimum atomic E-state index is -0.458. The molecule has 1 aromatic carbocycles. The Kier molecular flexibility index (Phi) is 4.48. The fraction of sp³-hybridized carbons (Fsp3) is 0. The molecule has 0 amide bonds. The number of halogens is 3. The summed E-state index contributed by atoms with van der Waals surface area (Å²) in [6, 6.07) is 9.69. The molecule has 3 aromatic heterocycles. The number of pyridine rings is 2. The van der Waals surface area contributed by atoms with Crippen LogP contribution < -0.4 is 5.32 Å². The second kappa shape index (κ2) is 6.93. The third-order valence-electron chi connectivity index (χ3n) is 3.67. The highest BCUT2D eigenvalue weighted by Crippen LogP contribution is 2.30. The van der Waals surface area contributed by atoms with Crippen LogP contribution in [0, 0.1) is 5.82 Å². The molecule has 3 heterocycles. The van der Waals surface area contributed by atoms with Crippen LogP contribution in [0.5, 0.6) is 0 Å². The highest BCUT2D eigenvalue weighted by Gasteiger charge is 2.14. The number of hydrogen-bond donors (Lipinski definition) is 1. The Labute approximate surface area is 161 Å². The molecular weight excluding hydrogens is 421 g/mol. The molecule has 26 heavy (non-hydrogen) atoms. The lowest BCUT2D eigenvalue weighted by atomic mass is 10.2. The molecular formula is C18H10BrClFN5. The Balaban J connectivity index is 1.91. The van der Waals surface area contributed by atoms with Crippen LogP contribution in [0.25, 0.3) is 22.4 Å². The average molecular weight is 431 g/mol. The van der Waals surface area contributed by atoms with Crippen LogP contribution in [0.2, 0.25) is 5.02 Å². The van der Waals surface area contributed by atoms with E-state index in [-0.39, 0.29) is 11.4 Å². The predicted molar refractivity (Wildman–Crippen MR) is 103 cm³/mol. The van der Waals surface area contributed by atoms with Gasteiger partial charge in [0.2, 0.25) is 0 Å². The van der Waals surface area contributed by atoms with Gasteiger partial charge in [-0.05, 0) is 52.3 Å². The Bertz CT molecular complexity index is 1120. The average Bonchev–Trinajstić information content (AvgIpc) is 2.65. The molecule has 0 spiro atoms. The fourth-order valence-electron chi connectivity index (χ4n) is 2.45. The van der Waals surface area contributed by atoms with Crippen molar-refractivity contribution in [1.82, 2.24) is 19.9 Å². The summed E-state index contributed by atoms with van der Waals surface area (Å²) >= 11 is 9.45. The molecule has 0 bridgehead atoms. The summed E-state index contributed by atoms with van der Waals surface area (Å²) in [5.41, 5.74) is 1.42. The monoisotopic (exact) mass is 429 g/mol. The van der Waals surface area contributed by atoms with Crippen LogP contribution in [0.15, 0.2) is 59.5 Å². The second-order valence-electron chi connectivity index (χ2n) is 5.38. The Hall–Kier alpha value is -2.64. The molecule has 5 nitrogen and oxygen atoms in total. The van der Waals surface area contributed by atoms with Crippen LogP contribution in [-0.2, 0) is 0 Å². The quantitative estimate of drug-likeness (QED) is 0.472. The molecule has 1 N–H and O–H groups in total. The number of nitrogens with one attached hydrogen (secondary N) is 1. The molecule has 4 rings (SSSR count). The van der Waals surface area contributed by atoms with Gasteiger partial charge in [-0.25, -0.2) is 19.3 Å². The van der Waals surface area contributed by atoms with Gasteiger partial charge >= 0.3 is 0 Å². The van der Waals surface area contributed by atoms with Gasteiger partial charge in [0.25, 0.3) is 0 Å². The Morgan fingerprint density at radius 1 is 1.08 bits per heavy atom. The zero-order valence-corrected chi connectivity index (χ0v) is 15.5. The van der Waals surface area contributed by atoms with Gasteiger partial charge in [0.05, 0.1) is 21.1 Å². The van der Waals surface area contributed by atoms with E-state index in [1.807, 2.05) is 6.07 Å². The molecule has 0 atom stereocenters. The topological polar surface area (TPSA) is 63.6 Å². The molecule has 4 aromatic rings. The van der Waals surface area contributed by atoms with E-state index in [0.717, 1.165) is 10.2 Å². The number of rotatable bonds is 3. The number of aromatic nitrogens is 4. The fourth-order valence-corrected chi connectivity index (χ4v) is 2.97. The maximum Gasteiger partial charge on any atom is 0.167 e. The van der Waals surface area contributed by atoms with Gasteiger partial charge in [-0.3, -0.25) is 4.98 Å². The predicted octanol–water partition coefficient (Wildman–Crippen LogP) is 5.39. The summed E-state index contributed by atoms with van der Waals surface area (Å²) in [5.74, 6) is 0.244. The van der Waals surface area contributed by atoms with Crippen molar-refractivity contribution in [3.05, 3.63) is 70.3 Å². The van der Waals surface area contributed by atoms with Crippen LogP contribution >= 0.6 is 27.5 Å². The third kappa shape index (κ3) is 3.23. The van der Waals surface area contributed by atoms with E-state index < -0.39 is 5.82 Å². The highest BCUT2D eigenvalue weighted by atomic mass is 79.9. The Morgan fingerprint density at radius 3 is 2.81 bits per heavy atom. The van der Waals surface area contributed by atoms with Crippen LogP contribution in [-0.4, -0.2) is 19.9 Å². The lowest BCUT2D eigenvalue weighted by molar-refractivity contribution is 0.630. The summed E-state index contributed by atoms with van der Waals surface area (Å²) in [6.45, 7) is 0. The number of hydrogen-bond acceptors (Lipinski definition) is 5. The smallest absolute Gasteiger partial charge is 0.167 e. The number of nitrogens with zero attached hydrogens (tertiary/aromatic N) is 4. The summed E-state index contributed by atoms with van der Waals surface area (Å²) in [6.07, 6.45) is 4.95. The van der Waals surface area contributed by atoms with Crippen molar-refractivity contribution in [3.63, 3.8) is 0 Å². The lowest BCUT2D eigenvalue weighted by Crippen LogP contribution is -2.01. The normalized spacial score (nSPS) is 10.9. The third-order valence-corrected chi connectivity index (χ3v) is 4.53. The van der Waals surface area contributed by atoms with E-state index in [1.165, 1.54) is 18.2 Å². The van der Waals surface area contributed by atoms with E-state index in [4.69, 9.17) is 11.6 Å². The van der Waals surface area contributed by atoms with Crippen LogP contribution in [0.3, 0.4) is 0 Å². The molecule has 0 aliphatic heterocycles. The van der Waals surface area contributed by atoms with E-state index in [9.17, 15) is 4.39 Å². The molecule has 8 heteroatoms. The van der Waals surface area contributed by atoms with E-state index >= 15 is 0 Å². The first-order chi connectivity index (χ1) is 12.6. The Morgan fingerprint density at radius 2 is 1.96 bits per heavy atom. The largest absolute Gasteiger partial charge is 0.339 e. The lowest BCUT2D eigenvalue weighted by Gasteiger charge is -2.12. The van der Waals surface area contributed by atoms with E-state index in [1.54, 1.807) is 30.7 Å². The minimum Gasteiger partial charge on any atom is -0.339 e. The summed E-state index contributed by atoms with van der Waals surface area (Å²) < 4.78 is 15.1. The molecule has 0 aliphatic carbocycles. The molecule has 0 aliphatic rings. The van der Waals surface area contributed by atoms with Crippen molar-refractivity contribution in [2.45, 2.75) is 0 Å². The van der Waals surface area contributed by atoms with Crippen molar-refractivity contribution < 1.29 is 4.39 Å². The molecule has 0 fully saturated rings. The van der Waals surface area contributed by atoms with Crippen LogP contribution in [0.1, 0.15) is 0 Å². The van der Waals surface area contributed by atoms with Crippen molar-refractivity contribution in [2.24, 2.45) is 0 Å². The summed E-state index contributed by atoms with van der Waals surface area (Å²) in [5, 5.41) is 4.34. The van der Waals surface area contributed by atoms with Gasteiger partial charge in [-0.15, -0.1) is 0 Å². The first-order valence-corrected chi connectivity index (χ1v) is 8.73. The zero-order valence-electron chi connectivity index (χ0n) is 13.1. The number of fused-ring (bicyclic) bond motifs is 1. The van der Waals surface area contributed by atoms with Gasteiger partial charge in [0.1, 0.15) is 11.6 Å². The summed E-state index contributed by atoms with van der Waals surface area (Å²) in [7, 11) is 0. The standard InChI is InChI=1S/C18H10BrClFN5/c19-13-9-22-7-5-15(13)24-17-11-2-1-6-23-16(11)25-18(26-17)12-8-10(20)3-4-14(12)21/h1-9H,(H,22,23,24,25,26). The molecule has 0 unspecified atom stereocenters. The van der Waals surface area contributed by atoms with Crippen molar-refractivity contribution in [1.29, 1.82) is 0 Å². The van der Waals surface area contributed by atoms with Gasteiger partial charge in [-0.1, -0.05) is 11.6 Å². The van der Waals surface area contributed by atoms with Gasteiger partial charge in [0, 0.05) is 23.6 Å². The number of anilines is 2. The first-order valence-electron chi connectivity index (χ1n) is 7.56. The van der Waals surface area contributed by atoms with Crippen LogP contribution in [0.4, 0.5) is 15.9 Å². The van der Waals surface area contributed by atoms with Crippen molar-refractivity contribution in [3.8, 4) is 11.4 Å². The van der Waals surface area contributed by atoms with Gasteiger partial charge < -0.3 is 5.32 Å². The second-order valence-corrected chi connectivity index (χ2v) is 6.67. The SMILES string of the molecule is Fc1ccc(Cl)cc1-c1nc(Nc2ccncc2Br)c2cccnc2n1. The zero-order chi connectivity index (χ0) is 18.1. The van der Waals surface area contributed by atoms with Crippen molar-refractivity contribution in [2.75, 3.05) is 5.32 Å². The molecule has 128 valence electrons. The van der Waals surface area contributed by atoms with Crippen molar-refractivity contribution >= 4 is 50.1 Å². The summed E-state index contributed by atoms with van der Waals surface area (Å²) in [4.78, 5) is 17.2. The van der Waals surface area contributed by atoms with Gasteiger partial charge in [-0.2, -0.15) is 0 Å². The maximum absolute atomic E-state index is 14.3. The molecule has 0 saturated heterocycles.